The SMILES string of the molecule is CN[C@@H]1CC2OC(C)([C@@H]1OC)n1c3ccccc3c3c4c(c5c6ccccc6n2c5c31)C(=O)NC4. The molecule has 3 aromatic carbocycles. The molecule has 8 rings (SSSR count). The van der Waals surface area contributed by atoms with Gasteiger partial charge in [0.05, 0.1) is 27.6 Å². The van der Waals surface area contributed by atoms with Crippen LogP contribution in [0, 0.1) is 0 Å². The molecule has 1 amide bonds. The van der Waals surface area contributed by atoms with Gasteiger partial charge in [-0.05, 0) is 31.7 Å². The zero-order valence-corrected chi connectivity index (χ0v) is 19.9. The fraction of sp³-hybridized carbons (Fsp3) is 0.321. The minimum atomic E-state index is -0.760. The third-order valence-corrected chi connectivity index (χ3v) is 8.60. The number of likely N-dealkylation sites (N-methyl/N-ethyl adjacent to an activating group) is 1. The number of amides is 1. The van der Waals surface area contributed by atoms with Gasteiger partial charge in [0.25, 0.3) is 5.91 Å². The summed E-state index contributed by atoms with van der Waals surface area (Å²) < 4.78 is 18.0. The predicted octanol–water partition coefficient (Wildman–Crippen LogP) is 4.35. The summed E-state index contributed by atoms with van der Waals surface area (Å²) in [5.41, 5.74) is 5.51. The van der Waals surface area contributed by atoms with E-state index in [0.717, 1.165) is 61.2 Å². The van der Waals surface area contributed by atoms with Crippen LogP contribution in [0.3, 0.4) is 0 Å². The second kappa shape index (κ2) is 6.43. The van der Waals surface area contributed by atoms with Crippen molar-refractivity contribution in [3.05, 3.63) is 59.7 Å². The standard InChI is InChI=1S/C28H26N4O3/c1-28-26(34-3)17(29-2)12-20(35-28)31-18-10-6-4-8-14(18)22-23-16(13-30-27(23)33)21-15-9-5-7-11-19(15)32(28)25(21)24(22)31/h4-11,17,20,26,29H,12-13H2,1-3H3,(H,30,33)/t17-,20?,26-,28?/m1/s1. The van der Waals surface area contributed by atoms with Crippen molar-refractivity contribution in [3.63, 3.8) is 0 Å². The number of benzene rings is 3. The molecule has 0 aliphatic carbocycles. The number of rotatable bonds is 2. The van der Waals surface area contributed by atoms with E-state index in [4.69, 9.17) is 9.47 Å². The molecule has 2 unspecified atom stereocenters. The minimum absolute atomic E-state index is 0.00357. The van der Waals surface area contributed by atoms with Gasteiger partial charge in [0, 0.05) is 47.7 Å². The summed E-state index contributed by atoms with van der Waals surface area (Å²) in [5, 5.41) is 11.0. The molecule has 3 aliphatic rings. The van der Waals surface area contributed by atoms with E-state index in [1.807, 2.05) is 7.05 Å². The maximum Gasteiger partial charge on any atom is 0.252 e. The molecular formula is C28H26N4O3. The van der Waals surface area contributed by atoms with Crippen LogP contribution in [-0.4, -0.2) is 41.3 Å². The van der Waals surface area contributed by atoms with Crippen molar-refractivity contribution in [2.45, 2.75) is 44.0 Å². The van der Waals surface area contributed by atoms with E-state index in [2.05, 4.69) is 75.2 Å². The van der Waals surface area contributed by atoms with Crippen LogP contribution in [-0.2, 0) is 21.7 Å². The summed E-state index contributed by atoms with van der Waals surface area (Å²) in [6.07, 6.45) is 0.337. The molecule has 1 saturated heterocycles. The van der Waals surface area contributed by atoms with Gasteiger partial charge in [-0.15, -0.1) is 0 Å². The normalized spacial score (nSPS) is 27.3. The molecule has 7 nitrogen and oxygen atoms in total. The lowest BCUT2D eigenvalue weighted by molar-refractivity contribution is -0.256. The molecule has 5 heterocycles. The maximum atomic E-state index is 13.3. The number of para-hydroxylation sites is 2. The summed E-state index contributed by atoms with van der Waals surface area (Å²) in [6, 6.07) is 17.0. The number of nitrogens with zero attached hydrogens (tertiary/aromatic N) is 2. The summed E-state index contributed by atoms with van der Waals surface area (Å²) in [6.45, 7) is 2.68. The summed E-state index contributed by atoms with van der Waals surface area (Å²) in [4.78, 5) is 13.3. The van der Waals surface area contributed by atoms with Crippen LogP contribution in [0.5, 0.6) is 0 Å². The molecule has 2 N–H and O–H groups in total. The zero-order chi connectivity index (χ0) is 23.6. The molecule has 4 atom stereocenters. The van der Waals surface area contributed by atoms with Gasteiger partial charge in [0.2, 0.25) is 0 Å². The first kappa shape index (κ1) is 19.9. The fourth-order valence-electron chi connectivity index (χ4n) is 7.33. The number of carbonyl (C=O) groups is 1. The van der Waals surface area contributed by atoms with Crippen LogP contribution >= 0.6 is 0 Å². The van der Waals surface area contributed by atoms with Gasteiger partial charge in [-0.1, -0.05) is 36.4 Å². The topological polar surface area (TPSA) is 69.5 Å². The average Bonchev–Trinajstić information content (AvgIpc) is 3.51. The van der Waals surface area contributed by atoms with E-state index < -0.39 is 5.72 Å². The second-order valence-corrected chi connectivity index (χ2v) is 10.1. The van der Waals surface area contributed by atoms with Gasteiger partial charge in [-0.2, -0.15) is 0 Å². The Labute approximate surface area is 201 Å². The van der Waals surface area contributed by atoms with Crippen LogP contribution in [0.1, 0.15) is 35.5 Å². The number of methoxy groups -OCH3 is 1. The predicted molar refractivity (Wildman–Crippen MR) is 136 cm³/mol. The van der Waals surface area contributed by atoms with Crippen molar-refractivity contribution in [2.75, 3.05) is 14.2 Å². The number of nitrogens with one attached hydrogen (secondary N) is 2. The molecule has 3 aliphatic heterocycles. The van der Waals surface area contributed by atoms with Crippen LogP contribution in [0.4, 0.5) is 0 Å². The van der Waals surface area contributed by atoms with E-state index in [1.165, 1.54) is 0 Å². The molecule has 7 heteroatoms. The largest absolute Gasteiger partial charge is 0.375 e. The first-order valence-corrected chi connectivity index (χ1v) is 12.3. The highest BCUT2D eigenvalue weighted by Gasteiger charge is 2.53. The van der Waals surface area contributed by atoms with Crippen LogP contribution in [0.2, 0.25) is 0 Å². The molecule has 176 valence electrons. The molecule has 1 fully saturated rings. The van der Waals surface area contributed by atoms with Crippen molar-refractivity contribution in [1.82, 2.24) is 19.8 Å². The Morgan fingerprint density at radius 3 is 2.51 bits per heavy atom. The maximum absolute atomic E-state index is 13.3. The third kappa shape index (κ3) is 2.12. The Hall–Kier alpha value is -3.39. The van der Waals surface area contributed by atoms with Gasteiger partial charge in [0.1, 0.15) is 12.3 Å². The molecule has 35 heavy (non-hydrogen) atoms. The lowest BCUT2D eigenvalue weighted by atomic mass is 9.93. The Bertz CT molecular complexity index is 1750. The highest BCUT2D eigenvalue weighted by atomic mass is 16.6. The van der Waals surface area contributed by atoms with Crippen molar-refractivity contribution >= 4 is 49.5 Å². The lowest BCUT2D eigenvalue weighted by Gasteiger charge is -2.48. The number of aromatic nitrogens is 2. The number of fused-ring (bicyclic) bond motifs is 13. The third-order valence-electron chi connectivity index (χ3n) is 8.60. The van der Waals surface area contributed by atoms with Crippen molar-refractivity contribution in [1.29, 1.82) is 0 Å². The van der Waals surface area contributed by atoms with Crippen molar-refractivity contribution < 1.29 is 14.3 Å². The minimum Gasteiger partial charge on any atom is -0.375 e. The van der Waals surface area contributed by atoms with Crippen molar-refractivity contribution in [3.8, 4) is 0 Å². The summed E-state index contributed by atoms with van der Waals surface area (Å²) >= 11 is 0. The second-order valence-electron chi connectivity index (χ2n) is 10.1. The Balaban J connectivity index is 1.72. The van der Waals surface area contributed by atoms with E-state index in [9.17, 15) is 4.79 Å². The van der Waals surface area contributed by atoms with Gasteiger partial charge in [-0.25, -0.2) is 0 Å². The quantitative estimate of drug-likeness (QED) is 0.406. The first-order chi connectivity index (χ1) is 17.1. The molecule has 0 radical (unpaired) electrons. The fourth-order valence-corrected chi connectivity index (χ4v) is 7.33. The molecule has 0 spiro atoms. The smallest absolute Gasteiger partial charge is 0.252 e. The van der Waals surface area contributed by atoms with Gasteiger partial charge in [-0.3, -0.25) is 4.79 Å². The number of hydrogen-bond donors (Lipinski definition) is 2. The lowest BCUT2D eigenvalue weighted by Crippen LogP contribution is -2.59. The zero-order valence-electron chi connectivity index (χ0n) is 19.9. The molecule has 0 saturated carbocycles. The monoisotopic (exact) mass is 466 g/mol. The first-order valence-electron chi connectivity index (χ1n) is 12.3. The summed E-state index contributed by atoms with van der Waals surface area (Å²) in [5.74, 6) is 0.00357. The number of carbonyl (C=O) groups excluding carboxylic acids is 1. The molecule has 5 aromatic rings. The Morgan fingerprint density at radius 2 is 1.77 bits per heavy atom. The molecule has 2 aromatic heterocycles. The van der Waals surface area contributed by atoms with Crippen LogP contribution in [0.15, 0.2) is 48.5 Å². The van der Waals surface area contributed by atoms with E-state index in [-0.39, 0.29) is 24.3 Å². The Kier molecular flexibility index (Phi) is 3.65. The van der Waals surface area contributed by atoms with Gasteiger partial charge < -0.3 is 29.2 Å². The number of hydrogen-bond acceptors (Lipinski definition) is 4. The highest BCUT2D eigenvalue weighted by molar-refractivity contribution is 6.31. The Morgan fingerprint density at radius 1 is 1.06 bits per heavy atom. The molecule has 2 bridgehead atoms. The average molecular weight is 467 g/mol. The van der Waals surface area contributed by atoms with E-state index in [1.54, 1.807) is 7.11 Å². The van der Waals surface area contributed by atoms with Crippen LogP contribution in [0.25, 0.3) is 43.6 Å². The number of ether oxygens (including phenoxy) is 2. The van der Waals surface area contributed by atoms with Gasteiger partial charge >= 0.3 is 0 Å². The van der Waals surface area contributed by atoms with E-state index >= 15 is 0 Å². The van der Waals surface area contributed by atoms with Crippen molar-refractivity contribution in [2.24, 2.45) is 0 Å². The highest BCUT2D eigenvalue weighted by Crippen LogP contribution is 2.53. The summed E-state index contributed by atoms with van der Waals surface area (Å²) in [7, 11) is 3.77. The van der Waals surface area contributed by atoms with E-state index in [0.29, 0.717) is 6.54 Å². The van der Waals surface area contributed by atoms with Crippen LogP contribution < -0.4 is 10.6 Å². The van der Waals surface area contributed by atoms with Gasteiger partial charge in [0.15, 0.2) is 5.72 Å². The molecular weight excluding hydrogens is 440 g/mol.